The summed E-state index contributed by atoms with van der Waals surface area (Å²) in [6.07, 6.45) is 0. The summed E-state index contributed by atoms with van der Waals surface area (Å²) >= 11 is 3.40. The Hall–Kier alpha value is -2.21. The van der Waals surface area contributed by atoms with Gasteiger partial charge < -0.3 is 10.2 Å². The Balaban J connectivity index is 2.10. The predicted octanol–water partition coefficient (Wildman–Crippen LogP) is 3.89. The van der Waals surface area contributed by atoms with Gasteiger partial charge in [0.15, 0.2) is 0 Å². The highest BCUT2D eigenvalue weighted by molar-refractivity contribution is 9.10. The molecule has 120 valence electrons. The molecule has 0 saturated heterocycles. The molecule has 2 aromatic rings. The number of halogens is 2. The van der Waals surface area contributed by atoms with Gasteiger partial charge in [0.25, 0.3) is 0 Å². The molecule has 0 aliphatic carbocycles. The van der Waals surface area contributed by atoms with Gasteiger partial charge in [0.2, 0.25) is 11.8 Å². The summed E-state index contributed by atoms with van der Waals surface area (Å²) in [5, 5.41) is 2.75. The average molecular weight is 379 g/mol. The molecule has 2 aromatic carbocycles. The first-order valence-corrected chi connectivity index (χ1v) is 7.76. The maximum Gasteiger partial charge on any atom is 0.244 e. The van der Waals surface area contributed by atoms with Gasteiger partial charge in [-0.05, 0) is 55.0 Å². The number of hydrogen-bond donors (Lipinski definition) is 1. The summed E-state index contributed by atoms with van der Waals surface area (Å²) in [6, 6.07) is 10.9. The van der Waals surface area contributed by atoms with Gasteiger partial charge in [-0.25, -0.2) is 4.39 Å². The lowest BCUT2D eigenvalue weighted by Gasteiger charge is -2.20. The van der Waals surface area contributed by atoms with E-state index in [2.05, 4.69) is 21.2 Å². The number of nitrogens with zero attached hydrogens (tertiary/aromatic N) is 1. The second-order valence-electron chi connectivity index (χ2n) is 5.09. The Morgan fingerprint density at radius 1 is 1.17 bits per heavy atom. The number of rotatable bonds is 4. The van der Waals surface area contributed by atoms with Crippen molar-refractivity contribution in [3.8, 4) is 0 Å². The zero-order valence-electron chi connectivity index (χ0n) is 12.8. The summed E-state index contributed by atoms with van der Waals surface area (Å²) in [6.45, 7) is 3.14. The maximum atomic E-state index is 13.0. The molecule has 0 spiro atoms. The molecule has 0 atom stereocenters. The van der Waals surface area contributed by atoms with Crippen LogP contribution >= 0.6 is 15.9 Å². The zero-order valence-corrected chi connectivity index (χ0v) is 14.4. The van der Waals surface area contributed by atoms with Crippen molar-refractivity contribution >= 4 is 39.1 Å². The van der Waals surface area contributed by atoms with Gasteiger partial charge in [0.05, 0.1) is 0 Å². The van der Waals surface area contributed by atoms with Crippen molar-refractivity contribution < 1.29 is 14.0 Å². The van der Waals surface area contributed by atoms with E-state index < -0.39 is 5.82 Å². The molecular weight excluding hydrogens is 363 g/mol. The zero-order chi connectivity index (χ0) is 17.0. The van der Waals surface area contributed by atoms with Crippen LogP contribution in [-0.2, 0) is 9.59 Å². The molecule has 2 rings (SSSR count). The van der Waals surface area contributed by atoms with Gasteiger partial charge in [-0.3, -0.25) is 9.59 Å². The van der Waals surface area contributed by atoms with Gasteiger partial charge in [0.1, 0.15) is 12.4 Å². The molecule has 4 nitrogen and oxygen atoms in total. The van der Waals surface area contributed by atoms with E-state index in [4.69, 9.17) is 0 Å². The summed E-state index contributed by atoms with van der Waals surface area (Å²) in [4.78, 5) is 25.2. The number of carbonyl (C=O) groups is 2. The van der Waals surface area contributed by atoms with E-state index in [1.54, 1.807) is 6.07 Å². The normalized spacial score (nSPS) is 10.3. The fourth-order valence-corrected chi connectivity index (χ4v) is 2.32. The van der Waals surface area contributed by atoms with Gasteiger partial charge in [-0.1, -0.05) is 15.9 Å². The summed E-state index contributed by atoms with van der Waals surface area (Å²) in [5.41, 5.74) is 2.11. The largest absolute Gasteiger partial charge is 0.325 e. The highest BCUT2D eigenvalue weighted by atomic mass is 79.9. The van der Waals surface area contributed by atoms with Crippen LogP contribution in [0.25, 0.3) is 0 Å². The molecule has 0 aliphatic rings. The average Bonchev–Trinajstić information content (AvgIpc) is 2.49. The summed E-state index contributed by atoms with van der Waals surface area (Å²) in [7, 11) is 0. The number of hydrogen-bond acceptors (Lipinski definition) is 2. The third-order valence-corrected chi connectivity index (χ3v) is 4.15. The van der Waals surface area contributed by atoms with Crippen molar-refractivity contribution in [1.82, 2.24) is 0 Å². The number of carbonyl (C=O) groups excluding carboxylic acids is 2. The van der Waals surface area contributed by atoms with E-state index in [1.165, 1.54) is 36.1 Å². The number of nitrogens with one attached hydrogen (secondary N) is 1. The van der Waals surface area contributed by atoms with Crippen LogP contribution in [0.3, 0.4) is 0 Å². The molecule has 23 heavy (non-hydrogen) atoms. The molecule has 2 amide bonds. The first-order valence-electron chi connectivity index (χ1n) is 6.96. The van der Waals surface area contributed by atoms with E-state index >= 15 is 0 Å². The Morgan fingerprint density at radius 3 is 2.39 bits per heavy atom. The van der Waals surface area contributed by atoms with Crippen molar-refractivity contribution in [2.75, 3.05) is 16.8 Å². The molecule has 0 heterocycles. The van der Waals surface area contributed by atoms with E-state index in [-0.39, 0.29) is 18.4 Å². The van der Waals surface area contributed by atoms with E-state index in [0.717, 1.165) is 10.0 Å². The lowest BCUT2D eigenvalue weighted by molar-refractivity contribution is -0.120. The fraction of sp³-hybridized carbons (Fsp3) is 0.176. The lowest BCUT2D eigenvalue weighted by atomic mass is 10.2. The van der Waals surface area contributed by atoms with Crippen molar-refractivity contribution in [1.29, 1.82) is 0 Å². The van der Waals surface area contributed by atoms with Crippen LogP contribution in [0.15, 0.2) is 46.9 Å². The van der Waals surface area contributed by atoms with E-state index in [9.17, 15) is 14.0 Å². The maximum absolute atomic E-state index is 13.0. The third kappa shape index (κ3) is 4.63. The van der Waals surface area contributed by atoms with Gasteiger partial charge in [-0.2, -0.15) is 0 Å². The smallest absolute Gasteiger partial charge is 0.244 e. The van der Waals surface area contributed by atoms with Crippen LogP contribution in [0, 0.1) is 12.7 Å². The Morgan fingerprint density at radius 2 is 1.83 bits per heavy atom. The molecule has 0 saturated carbocycles. The predicted molar refractivity (Wildman–Crippen MR) is 91.9 cm³/mol. The van der Waals surface area contributed by atoms with Crippen LogP contribution < -0.4 is 10.2 Å². The highest BCUT2D eigenvalue weighted by Gasteiger charge is 2.16. The molecule has 6 heteroatoms. The third-order valence-electron chi connectivity index (χ3n) is 3.26. The van der Waals surface area contributed by atoms with Crippen LogP contribution in [0.2, 0.25) is 0 Å². The lowest BCUT2D eigenvalue weighted by Crippen LogP contribution is -2.36. The van der Waals surface area contributed by atoms with Crippen molar-refractivity contribution in [2.24, 2.45) is 0 Å². The van der Waals surface area contributed by atoms with Gasteiger partial charge >= 0.3 is 0 Å². The topological polar surface area (TPSA) is 49.4 Å². The van der Waals surface area contributed by atoms with Crippen LogP contribution in [0.1, 0.15) is 12.5 Å². The molecule has 0 unspecified atom stereocenters. The van der Waals surface area contributed by atoms with Crippen LogP contribution in [0.4, 0.5) is 15.8 Å². The minimum absolute atomic E-state index is 0.143. The summed E-state index contributed by atoms with van der Waals surface area (Å²) in [5.74, 6) is -1.02. The van der Waals surface area contributed by atoms with Crippen molar-refractivity contribution in [2.45, 2.75) is 13.8 Å². The number of amides is 2. The molecule has 0 fully saturated rings. The second kappa shape index (κ2) is 7.37. The second-order valence-corrected chi connectivity index (χ2v) is 5.95. The first kappa shape index (κ1) is 17.1. The van der Waals surface area contributed by atoms with Crippen molar-refractivity contribution in [3.05, 3.63) is 58.3 Å². The van der Waals surface area contributed by atoms with Crippen molar-refractivity contribution in [3.63, 3.8) is 0 Å². The Bertz CT molecular complexity index is 732. The minimum atomic E-state index is -0.396. The Labute approximate surface area is 142 Å². The number of benzene rings is 2. The molecule has 0 bridgehead atoms. The summed E-state index contributed by atoms with van der Waals surface area (Å²) < 4.78 is 13.9. The molecule has 0 aliphatic heterocycles. The van der Waals surface area contributed by atoms with Gasteiger partial charge in [0, 0.05) is 22.8 Å². The molecular formula is C17H16BrFN2O2. The standard InChI is InChI=1S/C17H16BrFN2O2/c1-11-9-14(5-8-16(11)18)20-17(23)10-21(12(2)22)15-6-3-13(19)4-7-15/h3-9H,10H2,1-2H3,(H,20,23). The van der Waals surface area contributed by atoms with Crippen LogP contribution in [0.5, 0.6) is 0 Å². The Kier molecular flexibility index (Phi) is 5.50. The first-order chi connectivity index (χ1) is 10.9. The van der Waals surface area contributed by atoms with Crippen LogP contribution in [-0.4, -0.2) is 18.4 Å². The SMILES string of the molecule is CC(=O)N(CC(=O)Nc1ccc(Br)c(C)c1)c1ccc(F)cc1. The van der Waals surface area contributed by atoms with Gasteiger partial charge in [-0.15, -0.1) is 0 Å². The molecule has 1 N–H and O–H groups in total. The number of aryl methyl sites for hydroxylation is 1. The quantitative estimate of drug-likeness (QED) is 0.877. The molecule has 0 radical (unpaired) electrons. The van der Waals surface area contributed by atoms with E-state index in [0.29, 0.717) is 11.4 Å². The minimum Gasteiger partial charge on any atom is -0.325 e. The number of anilines is 2. The highest BCUT2D eigenvalue weighted by Crippen LogP contribution is 2.20. The fourth-order valence-electron chi connectivity index (χ4n) is 2.07. The monoisotopic (exact) mass is 378 g/mol. The van der Waals surface area contributed by atoms with E-state index in [1.807, 2.05) is 19.1 Å². The molecule has 0 aromatic heterocycles.